The molecule has 0 saturated carbocycles. The van der Waals surface area contributed by atoms with E-state index in [1.54, 1.807) is 24.5 Å². The largest absolute Gasteiger partial charge is 0.497 e. The highest BCUT2D eigenvalue weighted by Crippen LogP contribution is 2.28. The van der Waals surface area contributed by atoms with Gasteiger partial charge in [0, 0.05) is 28.0 Å². The summed E-state index contributed by atoms with van der Waals surface area (Å²) >= 11 is 1.55. The molecule has 3 heterocycles. The first-order chi connectivity index (χ1) is 17.5. The fourth-order valence-corrected chi connectivity index (χ4v) is 5.04. The van der Waals surface area contributed by atoms with Gasteiger partial charge in [-0.1, -0.05) is 24.3 Å². The molecular formula is C29H24N2O4S. The Morgan fingerprint density at radius 3 is 2.44 bits per heavy atom. The number of hydrogen-bond donors (Lipinski definition) is 0. The fraction of sp³-hybridized carbons (Fsp3) is 0.138. The maximum absolute atomic E-state index is 13.1. The molecule has 36 heavy (non-hydrogen) atoms. The molecule has 0 aliphatic rings. The van der Waals surface area contributed by atoms with Crippen molar-refractivity contribution in [3.05, 3.63) is 101 Å². The zero-order chi connectivity index (χ0) is 25.2. The predicted molar refractivity (Wildman–Crippen MR) is 141 cm³/mol. The van der Waals surface area contributed by atoms with E-state index >= 15 is 0 Å². The molecule has 7 heteroatoms. The number of esters is 1. The van der Waals surface area contributed by atoms with E-state index < -0.39 is 5.97 Å². The third-order valence-corrected chi connectivity index (χ3v) is 7.00. The van der Waals surface area contributed by atoms with Crippen LogP contribution in [0.25, 0.3) is 27.2 Å². The summed E-state index contributed by atoms with van der Waals surface area (Å²) in [6.45, 7) is 3.47. The molecular weight excluding hydrogens is 472 g/mol. The van der Waals surface area contributed by atoms with E-state index in [1.165, 1.54) is 0 Å². The van der Waals surface area contributed by atoms with E-state index in [0.29, 0.717) is 27.7 Å². The molecule has 0 spiro atoms. The molecule has 0 atom stereocenters. The Bertz CT molecular complexity index is 1570. The number of aryl methyl sites for hydroxylation is 1. The van der Waals surface area contributed by atoms with Crippen LogP contribution in [0.2, 0.25) is 0 Å². The molecule has 3 aromatic heterocycles. The third-order valence-electron chi connectivity index (χ3n) is 6.11. The number of aromatic nitrogens is 2. The summed E-state index contributed by atoms with van der Waals surface area (Å²) in [5.74, 6) is -0.0490. The summed E-state index contributed by atoms with van der Waals surface area (Å²) in [6, 6.07) is 22.5. The van der Waals surface area contributed by atoms with Gasteiger partial charge in [0.1, 0.15) is 5.75 Å². The smallest absolute Gasteiger partial charge is 0.339 e. The van der Waals surface area contributed by atoms with Gasteiger partial charge in [-0.05, 0) is 67.8 Å². The second-order valence-corrected chi connectivity index (χ2v) is 9.31. The molecule has 0 unspecified atom stereocenters. The van der Waals surface area contributed by atoms with E-state index in [9.17, 15) is 9.59 Å². The van der Waals surface area contributed by atoms with Crippen molar-refractivity contribution in [3.63, 3.8) is 0 Å². The number of methoxy groups -OCH3 is 1. The Kier molecular flexibility index (Phi) is 6.40. The van der Waals surface area contributed by atoms with Crippen molar-refractivity contribution in [2.75, 3.05) is 13.7 Å². The monoisotopic (exact) mass is 496 g/mol. The van der Waals surface area contributed by atoms with Gasteiger partial charge in [-0.2, -0.15) is 0 Å². The average Bonchev–Trinajstić information content (AvgIpc) is 3.54. The standard InChI is InChI=1S/C29H24N2O4S/c1-18-15-23(19(2)31(18)20-10-12-21(34-3)13-11-20)27(32)17-35-29(33)24-16-26(28-9-6-14-36-28)30-25-8-5-4-7-22(24)25/h4-16H,17H2,1-3H3. The van der Waals surface area contributed by atoms with Crippen LogP contribution in [-0.4, -0.2) is 35.0 Å². The molecule has 2 aromatic carbocycles. The van der Waals surface area contributed by atoms with Crippen LogP contribution in [0, 0.1) is 13.8 Å². The normalized spacial score (nSPS) is 11.0. The number of benzene rings is 2. The molecule has 0 radical (unpaired) electrons. The summed E-state index contributed by atoms with van der Waals surface area (Å²) in [5.41, 5.74) is 4.93. The van der Waals surface area contributed by atoms with Crippen LogP contribution >= 0.6 is 11.3 Å². The SMILES string of the molecule is COc1ccc(-n2c(C)cc(C(=O)COC(=O)c3cc(-c4cccs4)nc4ccccc34)c2C)cc1. The lowest BCUT2D eigenvalue weighted by molar-refractivity contribution is 0.0476. The summed E-state index contributed by atoms with van der Waals surface area (Å²) < 4.78 is 12.8. The van der Waals surface area contributed by atoms with Crippen molar-refractivity contribution in [1.29, 1.82) is 0 Å². The fourth-order valence-electron chi connectivity index (χ4n) is 4.36. The maximum Gasteiger partial charge on any atom is 0.339 e. The Morgan fingerprint density at radius 2 is 1.72 bits per heavy atom. The summed E-state index contributed by atoms with van der Waals surface area (Å²) in [5, 5.41) is 2.65. The topological polar surface area (TPSA) is 70.4 Å². The summed E-state index contributed by atoms with van der Waals surface area (Å²) in [7, 11) is 1.62. The van der Waals surface area contributed by atoms with Gasteiger partial charge < -0.3 is 14.0 Å². The molecule has 0 bridgehead atoms. The molecule has 6 nitrogen and oxygen atoms in total. The van der Waals surface area contributed by atoms with Crippen molar-refractivity contribution < 1.29 is 19.1 Å². The molecule has 0 amide bonds. The Hall–Kier alpha value is -4.23. The van der Waals surface area contributed by atoms with Crippen LogP contribution < -0.4 is 4.74 Å². The van der Waals surface area contributed by atoms with Gasteiger partial charge in [0.25, 0.3) is 0 Å². The van der Waals surface area contributed by atoms with Crippen molar-refractivity contribution in [3.8, 4) is 22.0 Å². The number of nitrogens with zero attached hydrogens (tertiary/aromatic N) is 2. The van der Waals surface area contributed by atoms with Crippen LogP contribution in [0.15, 0.2) is 78.2 Å². The number of thiophene rings is 1. The minimum absolute atomic E-state index is 0.256. The van der Waals surface area contributed by atoms with E-state index in [-0.39, 0.29) is 12.4 Å². The average molecular weight is 497 g/mol. The van der Waals surface area contributed by atoms with Crippen LogP contribution in [0.4, 0.5) is 0 Å². The highest BCUT2D eigenvalue weighted by atomic mass is 32.1. The van der Waals surface area contributed by atoms with Gasteiger partial charge in [-0.25, -0.2) is 9.78 Å². The number of Topliss-reactive ketones (excluding diaryl/α,β-unsaturated/α-hetero) is 1. The van der Waals surface area contributed by atoms with Gasteiger partial charge in [-0.15, -0.1) is 11.3 Å². The number of pyridine rings is 1. The number of carbonyl (C=O) groups is 2. The molecule has 5 aromatic rings. The number of rotatable bonds is 7. The molecule has 180 valence electrons. The second kappa shape index (κ2) is 9.79. The number of hydrogen-bond acceptors (Lipinski definition) is 6. The highest BCUT2D eigenvalue weighted by Gasteiger charge is 2.20. The predicted octanol–water partition coefficient (Wildman–Crippen LogP) is 6.42. The van der Waals surface area contributed by atoms with Gasteiger partial charge in [0.15, 0.2) is 6.61 Å². The van der Waals surface area contributed by atoms with Crippen molar-refractivity contribution in [2.24, 2.45) is 0 Å². The Morgan fingerprint density at radius 1 is 0.944 bits per heavy atom. The van der Waals surface area contributed by atoms with Crippen molar-refractivity contribution in [2.45, 2.75) is 13.8 Å². The first kappa shape index (κ1) is 23.5. The van der Waals surface area contributed by atoms with E-state index in [1.807, 2.05) is 90.5 Å². The summed E-state index contributed by atoms with van der Waals surface area (Å²) in [6.07, 6.45) is 0. The molecule has 5 rings (SSSR count). The number of ketones is 1. The quantitative estimate of drug-likeness (QED) is 0.192. The lowest BCUT2D eigenvalue weighted by Crippen LogP contribution is -2.15. The van der Waals surface area contributed by atoms with E-state index in [4.69, 9.17) is 14.5 Å². The van der Waals surface area contributed by atoms with Crippen molar-refractivity contribution >= 4 is 34.0 Å². The van der Waals surface area contributed by atoms with Crippen LogP contribution in [0.1, 0.15) is 32.1 Å². The Balaban J connectivity index is 1.39. The van der Waals surface area contributed by atoms with Crippen LogP contribution in [0.5, 0.6) is 5.75 Å². The maximum atomic E-state index is 13.1. The van der Waals surface area contributed by atoms with Gasteiger partial charge >= 0.3 is 5.97 Å². The second-order valence-electron chi connectivity index (χ2n) is 8.37. The first-order valence-electron chi connectivity index (χ1n) is 11.4. The minimum atomic E-state index is -0.552. The summed E-state index contributed by atoms with van der Waals surface area (Å²) in [4.78, 5) is 31.9. The van der Waals surface area contributed by atoms with Gasteiger partial charge in [0.05, 0.1) is 28.8 Å². The molecule has 0 aliphatic heterocycles. The lowest BCUT2D eigenvalue weighted by Gasteiger charge is -2.11. The zero-order valence-corrected chi connectivity index (χ0v) is 21.0. The zero-order valence-electron chi connectivity index (χ0n) is 20.1. The number of carbonyl (C=O) groups excluding carboxylic acids is 2. The molecule has 0 N–H and O–H groups in total. The third kappa shape index (κ3) is 4.41. The van der Waals surface area contributed by atoms with Crippen LogP contribution in [-0.2, 0) is 4.74 Å². The molecule has 0 aliphatic carbocycles. The Labute approximate surface area is 212 Å². The molecule has 0 fully saturated rings. The van der Waals surface area contributed by atoms with Crippen LogP contribution in [0.3, 0.4) is 0 Å². The number of para-hydroxylation sites is 1. The van der Waals surface area contributed by atoms with E-state index in [0.717, 1.165) is 27.7 Å². The van der Waals surface area contributed by atoms with Gasteiger partial charge in [-0.3, -0.25) is 4.79 Å². The molecule has 0 saturated heterocycles. The lowest BCUT2D eigenvalue weighted by atomic mass is 10.1. The first-order valence-corrected chi connectivity index (χ1v) is 12.3. The minimum Gasteiger partial charge on any atom is -0.497 e. The number of fused-ring (bicyclic) bond motifs is 1. The van der Waals surface area contributed by atoms with Crippen molar-refractivity contribution in [1.82, 2.24) is 9.55 Å². The number of ether oxygens (including phenoxy) is 2. The van der Waals surface area contributed by atoms with E-state index in [2.05, 4.69) is 0 Å². The highest BCUT2D eigenvalue weighted by molar-refractivity contribution is 7.13. The van der Waals surface area contributed by atoms with Gasteiger partial charge in [0.2, 0.25) is 5.78 Å².